The van der Waals surface area contributed by atoms with Crippen LogP contribution in [0.4, 0.5) is 4.79 Å². The van der Waals surface area contributed by atoms with Crippen molar-refractivity contribution in [3.63, 3.8) is 0 Å². The summed E-state index contributed by atoms with van der Waals surface area (Å²) in [6.45, 7) is 9.11. The highest BCUT2D eigenvalue weighted by molar-refractivity contribution is 5.73. The van der Waals surface area contributed by atoms with Crippen molar-refractivity contribution in [2.45, 2.75) is 52.7 Å². The molecule has 0 aromatic rings. The topological polar surface area (TPSA) is 85.3 Å². The Kier molecular flexibility index (Phi) is 5.56. The maximum Gasteiger partial charge on any atom is 0.470 e. The van der Waals surface area contributed by atoms with Crippen LogP contribution in [0, 0.1) is 0 Å². The third-order valence-electron chi connectivity index (χ3n) is 1.21. The van der Waals surface area contributed by atoms with Crippen molar-refractivity contribution in [2.24, 2.45) is 0 Å². The average molecular weight is 263 g/mol. The molecule has 0 spiro atoms. The number of rotatable bonds is 2. The van der Waals surface area contributed by atoms with Crippen LogP contribution in [0.15, 0.2) is 0 Å². The fourth-order valence-corrected chi connectivity index (χ4v) is 0.762. The van der Waals surface area contributed by atoms with Gasteiger partial charge in [-0.15, -0.1) is 0 Å². The molecule has 7 nitrogen and oxygen atoms in total. The monoisotopic (exact) mass is 263 g/mol. The summed E-state index contributed by atoms with van der Waals surface area (Å²) < 4.78 is 4.99. The van der Waals surface area contributed by atoms with Gasteiger partial charge in [0.2, 0.25) is 0 Å². The zero-order valence-corrected chi connectivity index (χ0v) is 11.6. The minimum absolute atomic E-state index is 0.337. The molecule has 1 amide bonds. The van der Waals surface area contributed by atoms with Crippen LogP contribution >= 0.6 is 0 Å². The molecular weight excluding hydrogens is 242 g/mol. The Balaban J connectivity index is 4.75. The first kappa shape index (κ1) is 16.7. The van der Waals surface area contributed by atoms with E-state index in [1.165, 1.54) is 0 Å². The fourth-order valence-electron chi connectivity index (χ4n) is 0.762. The van der Waals surface area contributed by atoms with E-state index in [9.17, 15) is 9.59 Å². The molecule has 1 N–H and O–H groups in total. The normalized spacial score (nSPS) is 11.9. The van der Waals surface area contributed by atoms with Gasteiger partial charge >= 0.3 is 12.1 Å². The van der Waals surface area contributed by atoms with Gasteiger partial charge in [-0.3, -0.25) is 0 Å². The maximum atomic E-state index is 11.7. The third kappa shape index (κ3) is 7.86. The van der Waals surface area contributed by atoms with Gasteiger partial charge in [0, 0.05) is 5.23 Å². The molecule has 7 heteroatoms. The van der Waals surface area contributed by atoms with E-state index >= 15 is 0 Å². The van der Waals surface area contributed by atoms with E-state index in [1.807, 2.05) is 0 Å². The average Bonchev–Trinajstić information content (AvgIpc) is 2.11. The Hall–Kier alpha value is -1.34. The molecule has 0 aliphatic heterocycles. The Bertz CT molecular complexity index is 302. The molecule has 0 unspecified atom stereocenters. The van der Waals surface area contributed by atoms with E-state index in [1.54, 1.807) is 41.5 Å². The molecule has 0 saturated carbocycles. The molecule has 0 fully saturated rings. The van der Waals surface area contributed by atoms with Crippen molar-refractivity contribution >= 4 is 12.1 Å². The minimum Gasteiger partial charge on any atom is -0.440 e. The predicted octanol–water partition coefficient (Wildman–Crippen LogP) is 1.40. The number of carbonyl (C=O) groups excluding carboxylic acids is 2. The summed E-state index contributed by atoms with van der Waals surface area (Å²) in [5, 5.41) is 8.92. The SMILES string of the molecule is CC(C)(C)OC(=O)N(OC(=O)CO)OC(C)(C)C. The van der Waals surface area contributed by atoms with Crippen molar-refractivity contribution in [1.29, 1.82) is 0 Å². The lowest BCUT2D eigenvalue weighted by Crippen LogP contribution is -2.43. The standard InChI is InChI=1S/C11H21NO6/c1-10(2,3)16-9(15)12(17-8(14)7-13)18-11(4,5)6/h13H,7H2,1-6H3. The summed E-state index contributed by atoms with van der Waals surface area (Å²) in [4.78, 5) is 32.3. The second-order valence-electron chi connectivity index (χ2n) is 5.56. The first-order chi connectivity index (χ1) is 7.94. The summed E-state index contributed by atoms with van der Waals surface area (Å²) in [6.07, 6.45) is -0.973. The van der Waals surface area contributed by atoms with Gasteiger partial charge in [-0.05, 0) is 41.5 Å². The van der Waals surface area contributed by atoms with Gasteiger partial charge in [0.1, 0.15) is 12.2 Å². The van der Waals surface area contributed by atoms with Gasteiger partial charge in [0.05, 0.1) is 5.60 Å². The van der Waals surface area contributed by atoms with Crippen molar-refractivity contribution in [2.75, 3.05) is 6.61 Å². The summed E-state index contributed by atoms with van der Waals surface area (Å²) in [7, 11) is 0. The number of amides is 1. The highest BCUT2D eigenvalue weighted by atomic mass is 17.0. The third-order valence-corrected chi connectivity index (χ3v) is 1.21. The van der Waals surface area contributed by atoms with Gasteiger partial charge in [0.25, 0.3) is 0 Å². The van der Waals surface area contributed by atoms with Crippen LogP contribution in [0.2, 0.25) is 0 Å². The fraction of sp³-hybridized carbons (Fsp3) is 0.818. The van der Waals surface area contributed by atoms with Gasteiger partial charge in [-0.2, -0.15) is 0 Å². The Morgan fingerprint density at radius 1 is 1.06 bits per heavy atom. The molecule has 0 aromatic heterocycles. The van der Waals surface area contributed by atoms with Crippen LogP contribution in [0.1, 0.15) is 41.5 Å². The first-order valence-electron chi connectivity index (χ1n) is 5.48. The van der Waals surface area contributed by atoms with Gasteiger partial charge in [0.15, 0.2) is 0 Å². The number of aliphatic hydroxyl groups excluding tert-OH is 1. The van der Waals surface area contributed by atoms with Crippen LogP contribution < -0.4 is 0 Å². The predicted molar refractivity (Wildman–Crippen MR) is 62.1 cm³/mol. The zero-order valence-electron chi connectivity index (χ0n) is 11.6. The zero-order chi connectivity index (χ0) is 14.6. The van der Waals surface area contributed by atoms with Crippen LogP contribution in [0.25, 0.3) is 0 Å². The Labute approximate surface area is 107 Å². The number of hydroxylamine groups is 2. The van der Waals surface area contributed by atoms with Crippen molar-refractivity contribution in [3.8, 4) is 0 Å². The van der Waals surface area contributed by atoms with Crippen molar-refractivity contribution in [1.82, 2.24) is 5.23 Å². The molecule has 18 heavy (non-hydrogen) atoms. The largest absolute Gasteiger partial charge is 0.470 e. The van der Waals surface area contributed by atoms with Crippen LogP contribution in [0.5, 0.6) is 0 Å². The highest BCUT2D eigenvalue weighted by Crippen LogP contribution is 2.15. The number of carbonyl (C=O) groups is 2. The molecule has 0 atom stereocenters. The molecule has 0 saturated heterocycles. The first-order valence-corrected chi connectivity index (χ1v) is 5.48. The van der Waals surface area contributed by atoms with E-state index in [4.69, 9.17) is 14.7 Å². The summed E-state index contributed by atoms with van der Waals surface area (Å²) in [5.41, 5.74) is -1.53. The second kappa shape index (κ2) is 6.01. The van der Waals surface area contributed by atoms with Crippen molar-refractivity contribution < 1.29 is 29.1 Å². The number of ether oxygens (including phenoxy) is 1. The van der Waals surface area contributed by atoms with E-state index in [0.717, 1.165) is 0 Å². The molecule has 0 aliphatic rings. The van der Waals surface area contributed by atoms with Gasteiger partial charge < -0.3 is 14.7 Å². The van der Waals surface area contributed by atoms with Crippen LogP contribution in [0.3, 0.4) is 0 Å². The Morgan fingerprint density at radius 3 is 1.89 bits per heavy atom. The molecule has 0 aliphatic carbocycles. The van der Waals surface area contributed by atoms with Crippen LogP contribution in [-0.2, 0) is 19.2 Å². The van der Waals surface area contributed by atoms with Gasteiger partial charge in [-0.1, -0.05) is 0 Å². The lowest BCUT2D eigenvalue weighted by atomic mass is 10.2. The number of hydrogen-bond acceptors (Lipinski definition) is 6. The number of hydrogen-bond donors (Lipinski definition) is 1. The molecule has 0 heterocycles. The smallest absolute Gasteiger partial charge is 0.440 e. The highest BCUT2D eigenvalue weighted by Gasteiger charge is 2.30. The number of nitrogens with zero attached hydrogens (tertiary/aromatic N) is 1. The summed E-state index contributed by atoms with van der Waals surface area (Å²) >= 11 is 0. The van der Waals surface area contributed by atoms with E-state index in [0.29, 0.717) is 5.23 Å². The molecule has 0 aromatic carbocycles. The van der Waals surface area contributed by atoms with E-state index in [2.05, 4.69) is 4.84 Å². The maximum absolute atomic E-state index is 11.7. The minimum atomic E-state index is -1.02. The number of aliphatic hydroxyl groups is 1. The Morgan fingerprint density at radius 2 is 1.56 bits per heavy atom. The molecule has 0 radical (unpaired) electrons. The summed E-state index contributed by atoms with van der Waals surface area (Å²) in [6, 6.07) is 0. The summed E-state index contributed by atoms with van der Waals surface area (Å²) in [5.74, 6) is -1.02. The van der Waals surface area contributed by atoms with Crippen molar-refractivity contribution in [3.05, 3.63) is 0 Å². The lowest BCUT2D eigenvalue weighted by Gasteiger charge is -2.29. The van der Waals surface area contributed by atoms with E-state index in [-0.39, 0.29) is 0 Å². The molecule has 0 bridgehead atoms. The van der Waals surface area contributed by atoms with Gasteiger partial charge in [-0.25, -0.2) is 14.4 Å². The quantitative estimate of drug-likeness (QED) is 0.758. The second-order valence-corrected chi connectivity index (χ2v) is 5.56. The lowest BCUT2D eigenvalue weighted by molar-refractivity contribution is -0.354. The molecular formula is C11H21NO6. The van der Waals surface area contributed by atoms with Crippen LogP contribution in [-0.4, -0.2) is 40.2 Å². The molecule has 106 valence electrons. The van der Waals surface area contributed by atoms with E-state index < -0.39 is 29.9 Å². The molecule has 0 rings (SSSR count).